The van der Waals surface area contributed by atoms with Crippen LogP contribution in [0.2, 0.25) is 0 Å². The van der Waals surface area contributed by atoms with E-state index >= 15 is 0 Å². The summed E-state index contributed by atoms with van der Waals surface area (Å²) in [7, 11) is 0. The minimum absolute atomic E-state index is 0.264. The molecule has 1 fully saturated rings. The van der Waals surface area contributed by atoms with Crippen LogP contribution in [-0.4, -0.2) is 46.3 Å². The second-order valence-corrected chi connectivity index (χ2v) is 7.18. The number of nitrogens with one attached hydrogen (secondary N) is 1. The Balaban J connectivity index is 1.57. The molecule has 0 saturated carbocycles. The third-order valence-corrected chi connectivity index (χ3v) is 5.24. The molecule has 1 aliphatic rings. The molecule has 0 radical (unpaired) electrons. The van der Waals surface area contributed by atoms with Gasteiger partial charge >= 0.3 is 0 Å². The quantitative estimate of drug-likeness (QED) is 0.702. The van der Waals surface area contributed by atoms with Gasteiger partial charge in [0, 0.05) is 26.2 Å². The normalized spacial score (nSPS) is 15.3. The van der Waals surface area contributed by atoms with Crippen molar-refractivity contribution < 1.29 is 0 Å². The number of hydrogen-bond acceptors (Lipinski definition) is 5. The van der Waals surface area contributed by atoms with Gasteiger partial charge in [-0.05, 0) is 30.3 Å². The lowest BCUT2D eigenvalue weighted by Gasteiger charge is -2.40. The van der Waals surface area contributed by atoms with Crippen LogP contribution in [0.4, 0.5) is 5.82 Å². The minimum atomic E-state index is 0.264. The van der Waals surface area contributed by atoms with Gasteiger partial charge in [0.1, 0.15) is 5.69 Å². The van der Waals surface area contributed by atoms with Crippen LogP contribution in [0.5, 0.6) is 0 Å². The Kier molecular flexibility index (Phi) is 5.27. The lowest BCUT2D eigenvalue weighted by molar-refractivity contribution is 0.212. The van der Waals surface area contributed by atoms with Crippen LogP contribution in [0.1, 0.15) is 22.9 Å². The van der Waals surface area contributed by atoms with Crippen LogP contribution in [0, 0.1) is 11.7 Å². The first-order chi connectivity index (χ1) is 13.2. The Labute approximate surface area is 164 Å². The van der Waals surface area contributed by atoms with Crippen LogP contribution >= 0.6 is 12.2 Å². The van der Waals surface area contributed by atoms with E-state index in [4.69, 9.17) is 12.2 Å². The summed E-state index contributed by atoms with van der Waals surface area (Å²) < 4.78 is 0.435. The van der Waals surface area contributed by atoms with Gasteiger partial charge in [-0.3, -0.25) is 10.00 Å². The van der Waals surface area contributed by atoms with Gasteiger partial charge in [-0.15, -0.1) is 0 Å². The molecule has 2 aromatic carbocycles. The topological polar surface area (TPSA) is 48.1 Å². The molecule has 0 aliphatic carbocycles. The fourth-order valence-electron chi connectivity index (χ4n) is 3.76. The molecule has 4 rings (SSSR count). The molecule has 27 heavy (non-hydrogen) atoms. The number of piperazine rings is 1. The van der Waals surface area contributed by atoms with Gasteiger partial charge in [-0.25, -0.2) is 0 Å². The number of aromatic nitrogens is 3. The zero-order valence-corrected chi connectivity index (χ0v) is 16.2. The average Bonchev–Trinajstić information content (AvgIpc) is 2.72. The standard InChI is InChI=1S/C21H23N5S/c1-16-20(22-21(27)24-23-16)26-14-12-25(13-15-26)19(17-8-4-2-5-9-17)18-10-6-3-7-11-18/h2-11,19H,12-15H2,1H3,(H,22,24,27). The Hall–Kier alpha value is -2.57. The van der Waals surface area contributed by atoms with Crippen LogP contribution < -0.4 is 4.90 Å². The molecule has 5 nitrogen and oxygen atoms in total. The lowest BCUT2D eigenvalue weighted by Crippen LogP contribution is -2.48. The van der Waals surface area contributed by atoms with E-state index in [0.717, 1.165) is 37.7 Å². The van der Waals surface area contributed by atoms with Crippen LogP contribution in [0.25, 0.3) is 0 Å². The highest BCUT2D eigenvalue weighted by molar-refractivity contribution is 7.71. The lowest BCUT2D eigenvalue weighted by atomic mass is 9.96. The van der Waals surface area contributed by atoms with E-state index < -0.39 is 0 Å². The first-order valence-electron chi connectivity index (χ1n) is 9.24. The highest BCUT2D eigenvalue weighted by Crippen LogP contribution is 2.30. The zero-order valence-electron chi connectivity index (χ0n) is 15.4. The summed E-state index contributed by atoms with van der Waals surface area (Å²) in [5.74, 6) is 0.898. The Bertz CT molecular complexity index is 894. The molecule has 1 N–H and O–H groups in total. The molecule has 0 bridgehead atoms. The number of nitrogens with zero attached hydrogens (tertiary/aromatic N) is 4. The molecular weight excluding hydrogens is 354 g/mol. The SMILES string of the molecule is Cc1n[nH]c(=S)nc1N1CCN(C(c2ccccc2)c2ccccc2)CC1. The number of benzene rings is 2. The third-order valence-electron chi connectivity index (χ3n) is 5.06. The first kappa shape index (κ1) is 17.8. The summed E-state index contributed by atoms with van der Waals surface area (Å²) in [5.41, 5.74) is 3.55. The monoisotopic (exact) mass is 377 g/mol. The van der Waals surface area contributed by atoms with Gasteiger partial charge in [0.15, 0.2) is 5.82 Å². The summed E-state index contributed by atoms with van der Waals surface area (Å²) >= 11 is 5.15. The highest BCUT2D eigenvalue weighted by atomic mass is 32.1. The maximum Gasteiger partial charge on any atom is 0.215 e. The minimum Gasteiger partial charge on any atom is -0.352 e. The van der Waals surface area contributed by atoms with Crippen molar-refractivity contribution in [1.29, 1.82) is 0 Å². The molecule has 3 aromatic rings. The number of hydrogen-bond donors (Lipinski definition) is 1. The van der Waals surface area contributed by atoms with E-state index in [2.05, 4.69) is 85.6 Å². The molecule has 138 valence electrons. The van der Waals surface area contributed by atoms with E-state index in [9.17, 15) is 0 Å². The van der Waals surface area contributed by atoms with Gasteiger partial charge in [0.25, 0.3) is 0 Å². The van der Waals surface area contributed by atoms with E-state index in [1.54, 1.807) is 0 Å². The van der Waals surface area contributed by atoms with Gasteiger partial charge in [-0.2, -0.15) is 10.1 Å². The second kappa shape index (κ2) is 7.98. The van der Waals surface area contributed by atoms with Crippen LogP contribution in [-0.2, 0) is 0 Å². The molecule has 1 aromatic heterocycles. The van der Waals surface area contributed by atoms with E-state index in [0.29, 0.717) is 4.77 Å². The van der Waals surface area contributed by atoms with Gasteiger partial charge < -0.3 is 4.90 Å². The van der Waals surface area contributed by atoms with Crippen molar-refractivity contribution in [2.24, 2.45) is 0 Å². The van der Waals surface area contributed by atoms with E-state index in [1.807, 2.05) is 6.92 Å². The van der Waals surface area contributed by atoms with Crippen molar-refractivity contribution in [3.63, 3.8) is 0 Å². The Morgan fingerprint density at radius 3 is 2.00 bits per heavy atom. The van der Waals surface area contributed by atoms with Crippen molar-refractivity contribution in [1.82, 2.24) is 20.1 Å². The molecule has 1 saturated heterocycles. The molecule has 1 aliphatic heterocycles. The summed E-state index contributed by atoms with van der Waals surface area (Å²) in [6, 6.07) is 21.8. The molecule has 2 heterocycles. The summed E-state index contributed by atoms with van der Waals surface area (Å²) in [5, 5.41) is 7.02. The van der Waals surface area contributed by atoms with Crippen molar-refractivity contribution in [2.75, 3.05) is 31.1 Å². The van der Waals surface area contributed by atoms with E-state index in [1.165, 1.54) is 11.1 Å². The molecule has 0 amide bonds. The number of rotatable bonds is 4. The van der Waals surface area contributed by atoms with Crippen molar-refractivity contribution in [2.45, 2.75) is 13.0 Å². The Morgan fingerprint density at radius 2 is 1.44 bits per heavy atom. The molecular formula is C21H23N5S. The van der Waals surface area contributed by atoms with E-state index in [-0.39, 0.29) is 6.04 Å². The average molecular weight is 378 g/mol. The zero-order chi connectivity index (χ0) is 18.6. The van der Waals surface area contributed by atoms with Crippen LogP contribution in [0.3, 0.4) is 0 Å². The maximum absolute atomic E-state index is 5.15. The number of aryl methyl sites for hydroxylation is 1. The number of aromatic amines is 1. The van der Waals surface area contributed by atoms with Gasteiger partial charge in [0.05, 0.1) is 6.04 Å². The van der Waals surface area contributed by atoms with Gasteiger partial charge in [-0.1, -0.05) is 60.7 Å². The van der Waals surface area contributed by atoms with Crippen molar-refractivity contribution in [3.8, 4) is 0 Å². The third kappa shape index (κ3) is 3.91. The van der Waals surface area contributed by atoms with Gasteiger partial charge in [0.2, 0.25) is 4.77 Å². The maximum atomic E-state index is 5.15. The smallest absolute Gasteiger partial charge is 0.215 e. The number of anilines is 1. The fraction of sp³-hybridized carbons (Fsp3) is 0.286. The predicted molar refractivity (Wildman–Crippen MR) is 110 cm³/mol. The second-order valence-electron chi connectivity index (χ2n) is 6.80. The Morgan fingerprint density at radius 1 is 0.889 bits per heavy atom. The summed E-state index contributed by atoms with van der Waals surface area (Å²) in [6.45, 7) is 5.70. The first-order valence-corrected chi connectivity index (χ1v) is 9.65. The van der Waals surface area contributed by atoms with Crippen molar-refractivity contribution in [3.05, 3.63) is 82.3 Å². The molecule has 6 heteroatoms. The highest BCUT2D eigenvalue weighted by Gasteiger charge is 2.27. The predicted octanol–water partition coefficient (Wildman–Crippen LogP) is 3.75. The number of H-pyrrole nitrogens is 1. The summed E-state index contributed by atoms with van der Waals surface area (Å²) in [6.07, 6.45) is 0. The largest absolute Gasteiger partial charge is 0.352 e. The molecule has 0 atom stereocenters. The summed E-state index contributed by atoms with van der Waals surface area (Å²) in [4.78, 5) is 9.32. The van der Waals surface area contributed by atoms with Crippen LogP contribution in [0.15, 0.2) is 60.7 Å². The molecule has 0 unspecified atom stereocenters. The fourth-order valence-corrected chi connectivity index (χ4v) is 3.89. The molecule has 0 spiro atoms. The van der Waals surface area contributed by atoms with Crippen molar-refractivity contribution >= 4 is 18.0 Å².